The molecule has 1 aromatic carbocycles. The standard InChI is InChI=1S/C24H30FN5O/c1-15-20-10-16(17-9-18(25)12-26-11-17)3-4-21(20)28-29-22(15)23(31)27-19-5-7-24(8-6-19)13-30(2)14-24/h3-4,9-12,15,19,22,28-29H,5-8,13-14H2,1-2H3,(H,27,31). The lowest BCUT2D eigenvalue weighted by atomic mass is 9.67. The van der Waals surface area contributed by atoms with Crippen LogP contribution >= 0.6 is 0 Å². The zero-order valence-corrected chi connectivity index (χ0v) is 18.1. The molecule has 0 radical (unpaired) electrons. The van der Waals surface area contributed by atoms with Crippen LogP contribution in [0.1, 0.15) is 44.1 Å². The van der Waals surface area contributed by atoms with E-state index in [1.807, 2.05) is 18.2 Å². The Morgan fingerprint density at radius 3 is 2.68 bits per heavy atom. The van der Waals surface area contributed by atoms with Gasteiger partial charge in [-0.15, -0.1) is 0 Å². The predicted octanol–water partition coefficient (Wildman–Crippen LogP) is 3.28. The number of hydrazine groups is 1. The number of benzene rings is 1. The van der Waals surface area contributed by atoms with Gasteiger partial charge in [-0.3, -0.25) is 9.78 Å². The van der Waals surface area contributed by atoms with Gasteiger partial charge in [-0.1, -0.05) is 13.0 Å². The second-order valence-corrected chi connectivity index (χ2v) is 9.68. The van der Waals surface area contributed by atoms with Gasteiger partial charge in [0.15, 0.2) is 0 Å². The molecule has 1 saturated heterocycles. The highest BCUT2D eigenvalue weighted by Crippen LogP contribution is 2.43. The number of amides is 1. The van der Waals surface area contributed by atoms with Crippen molar-refractivity contribution in [3.8, 4) is 11.1 Å². The summed E-state index contributed by atoms with van der Waals surface area (Å²) in [5, 5.41) is 3.29. The van der Waals surface area contributed by atoms with E-state index in [0.29, 0.717) is 5.41 Å². The molecular formula is C24H30FN5O. The Morgan fingerprint density at radius 2 is 1.97 bits per heavy atom. The summed E-state index contributed by atoms with van der Waals surface area (Å²) >= 11 is 0. The number of fused-ring (bicyclic) bond motifs is 1. The molecule has 5 rings (SSSR count). The molecule has 164 valence electrons. The van der Waals surface area contributed by atoms with Crippen molar-refractivity contribution in [2.45, 2.75) is 50.6 Å². The van der Waals surface area contributed by atoms with E-state index in [9.17, 15) is 9.18 Å². The monoisotopic (exact) mass is 423 g/mol. The molecule has 0 bridgehead atoms. The van der Waals surface area contributed by atoms with E-state index in [2.05, 4.69) is 40.0 Å². The van der Waals surface area contributed by atoms with Gasteiger partial charge in [0.1, 0.15) is 11.9 Å². The van der Waals surface area contributed by atoms with E-state index in [1.54, 1.807) is 6.20 Å². The van der Waals surface area contributed by atoms with Crippen LogP contribution in [0.25, 0.3) is 11.1 Å². The molecule has 2 unspecified atom stereocenters. The maximum absolute atomic E-state index is 13.6. The van der Waals surface area contributed by atoms with E-state index in [4.69, 9.17) is 0 Å². The minimum atomic E-state index is -0.362. The summed E-state index contributed by atoms with van der Waals surface area (Å²) in [7, 11) is 2.18. The third-order valence-corrected chi connectivity index (χ3v) is 7.33. The van der Waals surface area contributed by atoms with Crippen molar-refractivity contribution in [3.63, 3.8) is 0 Å². The molecule has 1 spiro atoms. The van der Waals surface area contributed by atoms with Crippen LogP contribution in [-0.2, 0) is 4.79 Å². The average molecular weight is 424 g/mol. The summed E-state index contributed by atoms with van der Waals surface area (Å²) < 4.78 is 13.6. The van der Waals surface area contributed by atoms with Crippen LogP contribution in [0.4, 0.5) is 10.1 Å². The number of likely N-dealkylation sites (tertiary alicyclic amines) is 1. The Kier molecular flexibility index (Phi) is 5.18. The molecule has 31 heavy (non-hydrogen) atoms. The van der Waals surface area contributed by atoms with Crippen LogP contribution < -0.4 is 16.2 Å². The van der Waals surface area contributed by atoms with Gasteiger partial charge in [-0.2, -0.15) is 0 Å². The van der Waals surface area contributed by atoms with Gasteiger partial charge >= 0.3 is 0 Å². The van der Waals surface area contributed by atoms with Crippen molar-refractivity contribution in [2.75, 3.05) is 25.6 Å². The second-order valence-electron chi connectivity index (χ2n) is 9.68. The fraction of sp³-hybridized carbons (Fsp3) is 0.500. The van der Waals surface area contributed by atoms with Gasteiger partial charge in [0, 0.05) is 36.8 Å². The summed E-state index contributed by atoms with van der Waals surface area (Å²) in [6.45, 7) is 4.45. The molecular weight excluding hydrogens is 393 g/mol. The molecule has 3 heterocycles. The van der Waals surface area contributed by atoms with Gasteiger partial charge in [-0.25, -0.2) is 9.82 Å². The van der Waals surface area contributed by atoms with Crippen LogP contribution in [0.15, 0.2) is 36.7 Å². The number of carbonyl (C=O) groups is 1. The molecule has 6 nitrogen and oxygen atoms in total. The Balaban J connectivity index is 1.26. The predicted molar refractivity (Wildman–Crippen MR) is 119 cm³/mol. The maximum atomic E-state index is 13.6. The fourth-order valence-electron chi connectivity index (χ4n) is 5.64. The Labute approximate surface area is 182 Å². The summed E-state index contributed by atoms with van der Waals surface area (Å²) in [6, 6.07) is 7.30. The fourth-order valence-corrected chi connectivity index (χ4v) is 5.64. The summed E-state index contributed by atoms with van der Waals surface area (Å²) in [4.78, 5) is 19.4. The zero-order chi connectivity index (χ0) is 21.6. The van der Waals surface area contributed by atoms with Crippen LogP contribution in [0.5, 0.6) is 0 Å². The first-order valence-corrected chi connectivity index (χ1v) is 11.2. The van der Waals surface area contributed by atoms with Gasteiger partial charge in [0.05, 0.1) is 11.9 Å². The number of halogens is 1. The van der Waals surface area contributed by atoms with Gasteiger partial charge in [-0.05, 0) is 67.5 Å². The third kappa shape index (κ3) is 3.92. The molecule has 2 aromatic rings. The Bertz CT molecular complexity index is 980. The molecule has 2 atom stereocenters. The highest BCUT2D eigenvalue weighted by atomic mass is 19.1. The van der Waals surface area contributed by atoms with Gasteiger partial charge < -0.3 is 15.6 Å². The number of rotatable bonds is 3. The Hall–Kier alpha value is -2.51. The minimum Gasteiger partial charge on any atom is -0.352 e. The molecule has 1 aliphatic carbocycles. The lowest BCUT2D eigenvalue weighted by molar-refractivity contribution is -0.125. The van der Waals surface area contributed by atoms with Crippen LogP contribution in [0, 0.1) is 11.2 Å². The molecule has 3 aliphatic rings. The van der Waals surface area contributed by atoms with Crippen molar-refractivity contribution in [3.05, 3.63) is 48.0 Å². The Morgan fingerprint density at radius 1 is 1.19 bits per heavy atom. The number of nitrogens with zero attached hydrogens (tertiary/aromatic N) is 2. The van der Waals surface area contributed by atoms with E-state index >= 15 is 0 Å². The highest BCUT2D eigenvalue weighted by Gasteiger charge is 2.44. The van der Waals surface area contributed by atoms with Crippen molar-refractivity contribution < 1.29 is 9.18 Å². The lowest BCUT2D eigenvalue weighted by Gasteiger charge is -2.52. The SMILES string of the molecule is CC1c2cc(-c3cncc(F)c3)ccc2NNC1C(=O)NC1CCC2(CC1)CN(C)C2. The first-order chi connectivity index (χ1) is 14.9. The molecule has 2 fully saturated rings. The number of hydrogen-bond acceptors (Lipinski definition) is 5. The molecule has 1 saturated carbocycles. The normalized spacial score (nSPS) is 25.4. The van der Waals surface area contributed by atoms with Crippen molar-refractivity contribution >= 4 is 11.6 Å². The highest BCUT2D eigenvalue weighted by molar-refractivity contribution is 5.85. The quantitative estimate of drug-likeness (QED) is 0.707. The van der Waals surface area contributed by atoms with Crippen molar-refractivity contribution in [2.24, 2.45) is 5.41 Å². The lowest BCUT2D eigenvalue weighted by Crippen LogP contribution is -2.58. The number of anilines is 1. The third-order valence-electron chi connectivity index (χ3n) is 7.33. The molecule has 1 aromatic heterocycles. The first-order valence-electron chi connectivity index (χ1n) is 11.2. The van der Waals surface area contributed by atoms with E-state index in [-0.39, 0.29) is 29.7 Å². The van der Waals surface area contributed by atoms with Gasteiger partial charge in [0.25, 0.3) is 0 Å². The number of carbonyl (C=O) groups excluding carboxylic acids is 1. The maximum Gasteiger partial charge on any atom is 0.239 e. The first kappa shape index (κ1) is 20.4. The number of nitrogens with one attached hydrogen (secondary N) is 3. The van der Waals surface area contributed by atoms with Crippen molar-refractivity contribution in [1.29, 1.82) is 0 Å². The van der Waals surface area contributed by atoms with Crippen LogP contribution in [-0.4, -0.2) is 48.0 Å². The average Bonchev–Trinajstić information content (AvgIpc) is 2.74. The number of pyridine rings is 1. The molecule has 1 amide bonds. The number of aromatic nitrogens is 1. The topological polar surface area (TPSA) is 69.3 Å². The summed E-state index contributed by atoms with van der Waals surface area (Å²) in [5.74, 6) is -0.341. The van der Waals surface area contributed by atoms with E-state index < -0.39 is 0 Å². The number of hydrogen-bond donors (Lipinski definition) is 3. The molecule has 2 aliphatic heterocycles. The largest absolute Gasteiger partial charge is 0.352 e. The summed E-state index contributed by atoms with van der Waals surface area (Å²) in [6.07, 6.45) is 7.36. The van der Waals surface area contributed by atoms with E-state index in [1.165, 1.54) is 38.2 Å². The van der Waals surface area contributed by atoms with E-state index in [0.717, 1.165) is 35.2 Å². The van der Waals surface area contributed by atoms with Crippen LogP contribution in [0.3, 0.4) is 0 Å². The summed E-state index contributed by atoms with van der Waals surface area (Å²) in [5.41, 5.74) is 10.5. The van der Waals surface area contributed by atoms with Crippen molar-refractivity contribution in [1.82, 2.24) is 20.6 Å². The zero-order valence-electron chi connectivity index (χ0n) is 18.1. The molecule has 3 N–H and O–H groups in total. The molecule has 7 heteroatoms. The second kappa shape index (κ2) is 7.88. The smallest absolute Gasteiger partial charge is 0.239 e. The minimum absolute atomic E-state index is 0.0204. The van der Waals surface area contributed by atoms with Gasteiger partial charge in [0.2, 0.25) is 5.91 Å². The van der Waals surface area contributed by atoms with Crippen LogP contribution in [0.2, 0.25) is 0 Å².